The van der Waals surface area contributed by atoms with Gasteiger partial charge in [0, 0.05) is 12.1 Å². The van der Waals surface area contributed by atoms with E-state index in [9.17, 15) is 4.79 Å². The molecule has 0 fully saturated rings. The first-order valence-corrected chi connectivity index (χ1v) is 9.72. The fourth-order valence-corrected chi connectivity index (χ4v) is 3.05. The van der Waals surface area contributed by atoms with Gasteiger partial charge in [0.05, 0.1) is 19.1 Å². The van der Waals surface area contributed by atoms with Crippen molar-refractivity contribution in [3.05, 3.63) is 65.7 Å². The number of methoxy groups -OCH3 is 1. The van der Waals surface area contributed by atoms with E-state index in [1.165, 1.54) is 16.4 Å². The molecule has 9 nitrogen and oxygen atoms in total. The van der Waals surface area contributed by atoms with Crippen LogP contribution in [-0.4, -0.2) is 39.9 Å². The highest BCUT2D eigenvalue weighted by Crippen LogP contribution is 2.17. The average molecular weight is 411 g/mol. The first-order valence-electron chi connectivity index (χ1n) is 8.73. The molecule has 10 heteroatoms. The van der Waals surface area contributed by atoms with Crippen LogP contribution in [0.25, 0.3) is 0 Å². The smallest absolute Gasteiger partial charge is 0.264 e. The van der Waals surface area contributed by atoms with Crippen molar-refractivity contribution < 1.29 is 9.53 Å². The summed E-state index contributed by atoms with van der Waals surface area (Å²) in [6, 6.07) is 17.2. The van der Waals surface area contributed by atoms with Gasteiger partial charge in [0.25, 0.3) is 5.95 Å². The minimum absolute atomic E-state index is 0.120. The Bertz CT molecular complexity index is 976. The van der Waals surface area contributed by atoms with Crippen molar-refractivity contribution in [3.63, 3.8) is 0 Å². The van der Waals surface area contributed by atoms with Crippen LogP contribution in [0.5, 0.6) is 5.75 Å². The molecule has 0 saturated heterocycles. The van der Waals surface area contributed by atoms with Gasteiger partial charge in [0.2, 0.25) is 11.1 Å². The molecule has 2 aromatic carbocycles. The number of carbonyl (C=O) groups excluding carboxylic acids is 1. The number of carbonyl (C=O) groups is 1. The molecule has 0 saturated carbocycles. The van der Waals surface area contributed by atoms with E-state index in [0.717, 1.165) is 11.1 Å². The zero-order valence-corrected chi connectivity index (χ0v) is 16.6. The molecule has 1 amide bonds. The number of ether oxygens (including phenoxy) is 1. The van der Waals surface area contributed by atoms with E-state index >= 15 is 0 Å². The highest BCUT2D eigenvalue weighted by atomic mass is 32.2. The largest absolute Gasteiger partial charge is 0.496 e. The Balaban J connectivity index is 1.50. The van der Waals surface area contributed by atoms with Crippen LogP contribution in [0.1, 0.15) is 11.1 Å². The average Bonchev–Trinajstić information content (AvgIpc) is 3.11. The van der Waals surface area contributed by atoms with Crippen LogP contribution in [0.4, 0.5) is 5.95 Å². The van der Waals surface area contributed by atoms with Crippen molar-refractivity contribution in [2.24, 2.45) is 5.10 Å². The van der Waals surface area contributed by atoms with Crippen LogP contribution >= 0.6 is 11.8 Å². The van der Waals surface area contributed by atoms with Crippen molar-refractivity contribution >= 4 is 29.8 Å². The van der Waals surface area contributed by atoms with E-state index in [4.69, 9.17) is 10.6 Å². The van der Waals surface area contributed by atoms with Gasteiger partial charge in [-0.25, -0.2) is 10.1 Å². The number of para-hydroxylation sites is 1. The van der Waals surface area contributed by atoms with Gasteiger partial charge in [-0.15, -0.1) is 10.2 Å². The number of hydrogen-bond acceptors (Lipinski definition) is 8. The molecule has 0 spiro atoms. The number of amides is 1. The first kappa shape index (κ1) is 20.2. The summed E-state index contributed by atoms with van der Waals surface area (Å²) in [4.78, 5) is 12.0. The minimum Gasteiger partial charge on any atom is -0.496 e. The summed E-state index contributed by atoms with van der Waals surface area (Å²) < 4.78 is 6.50. The number of hydrogen-bond donors (Lipinski definition) is 3. The van der Waals surface area contributed by atoms with Gasteiger partial charge in [-0.1, -0.05) is 54.2 Å². The van der Waals surface area contributed by atoms with Crippen LogP contribution < -0.4 is 21.3 Å². The summed E-state index contributed by atoms with van der Waals surface area (Å²) in [5, 5.41) is 15.3. The highest BCUT2D eigenvalue weighted by molar-refractivity contribution is 7.99. The van der Waals surface area contributed by atoms with Gasteiger partial charge >= 0.3 is 0 Å². The number of hydrazone groups is 1. The van der Waals surface area contributed by atoms with E-state index < -0.39 is 0 Å². The lowest BCUT2D eigenvalue weighted by molar-refractivity contribution is -0.118. The Labute approximate surface area is 172 Å². The Morgan fingerprint density at radius 2 is 1.97 bits per heavy atom. The van der Waals surface area contributed by atoms with Gasteiger partial charge in [-0.2, -0.15) is 5.10 Å². The molecule has 0 bridgehead atoms. The number of benzene rings is 2. The van der Waals surface area contributed by atoms with Crippen LogP contribution in [0.2, 0.25) is 0 Å². The van der Waals surface area contributed by atoms with Crippen molar-refractivity contribution in [3.8, 4) is 5.75 Å². The van der Waals surface area contributed by atoms with Gasteiger partial charge in [0.1, 0.15) is 5.75 Å². The normalized spacial score (nSPS) is 10.8. The second-order valence-electron chi connectivity index (χ2n) is 5.84. The number of rotatable bonds is 9. The molecule has 3 aromatic rings. The summed E-state index contributed by atoms with van der Waals surface area (Å²) in [5.41, 5.74) is 4.57. The number of nitrogen functional groups attached to an aromatic ring is 1. The lowest BCUT2D eigenvalue weighted by atomic mass is 10.2. The molecule has 0 aliphatic rings. The number of anilines is 1. The second kappa shape index (κ2) is 10.1. The van der Waals surface area contributed by atoms with Crippen LogP contribution in [0.3, 0.4) is 0 Å². The van der Waals surface area contributed by atoms with E-state index in [-0.39, 0.29) is 17.6 Å². The fraction of sp³-hybridized carbons (Fsp3) is 0.158. The first-order chi connectivity index (χ1) is 14.2. The summed E-state index contributed by atoms with van der Waals surface area (Å²) in [6.45, 7) is 0.472. The highest BCUT2D eigenvalue weighted by Gasteiger charge is 2.12. The quantitative estimate of drug-likeness (QED) is 0.213. The second-order valence-corrected chi connectivity index (χ2v) is 6.78. The number of nitrogens with two attached hydrogens (primary N) is 1. The zero-order valence-electron chi connectivity index (χ0n) is 15.8. The molecule has 1 aromatic heterocycles. The Morgan fingerprint density at radius 1 is 1.21 bits per heavy atom. The minimum atomic E-state index is -0.120. The molecule has 29 heavy (non-hydrogen) atoms. The Morgan fingerprint density at radius 3 is 2.76 bits per heavy atom. The standard InChI is InChI=1S/C19H21N7O2S/c1-28-16-10-6-5-9-15(16)12-22-23-18-24-25-19(26(18)20)29-13-17(27)21-11-14-7-3-2-4-8-14/h2-10,12H,11,13,20H2,1H3,(H,21,27)(H,23,24)/b22-12+. The molecular weight excluding hydrogens is 390 g/mol. The van der Waals surface area contributed by atoms with Gasteiger partial charge in [-0.05, 0) is 17.7 Å². The van der Waals surface area contributed by atoms with E-state index in [2.05, 4.69) is 26.0 Å². The molecule has 4 N–H and O–H groups in total. The molecule has 0 aliphatic carbocycles. The predicted octanol–water partition coefficient (Wildman–Crippen LogP) is 1.85. The predicted molar refractivity (Wildman–Crippen MR) is 113 cm³/mol. The summed E-state index contributed by atoms with van der Waals surface area (Å²) in [7, 11) is 1.59. The summed E-state index contributed by atoms with van der Waals surface area (Å²) in [6.07, 6.45) is 1.59. The molecule has 150 valence electrons. The Hall–Kier alpha value is -3.53. The topological polar surface area (TPSA) is 119 Å². The maximum absolute atomic E-state index is 12.0. The third-order valence-corrected chi connectivity index (χ3v) is 4.78. The van der Waals surface area contributed by atoms with E-state index in [1.807, 2.05) is 54.6 Å². The van der Waals surface area contributed by atoms with Crippen LogP contribution in [0.15, 0.2) is 64.9 Å². The third-order valence-electron chi connectivity index (χ3n) is 3.84. The monoisotopic (exact) mass is 411 g/mol. The number of aromatic nitrogens is 3. The van der Waals surface area contributed by atoms with E-state index in [0.29, 0.717) is 17.5 Å². The summed E-state index contributed by atoms with van der Waals surface area (Å²) in [5.74, 6) is 6.97. The molecular formula is C19H21N7O2S. The van der Waals surface area contributed by atoms with E-state index in [1.54, 1.807) is 13.3 Å². The number of nitrogens with one attached hydrogen (secondary N) is 2. The summed E-state index contributed by atoms with van der Waals surface area (Å²) >= 11 is 1.19. The van der Waals surface area contributed by atoms with Crippen molar-refractivity contribution in [2.75, 3.05) is 24.1 Å². The van der Waals surface area contributed by atoms with Gasteiger partial charge in [0.15, 0.2) is 0 Å². The molecule has 0 radical (unpaired) electrons. The lowest BCUT2D eigenvalue weighted by Crippen LogP contribution is -2.25. The van der Waals surface area contributed by atoms with Crippen molar-refractivity contribution in [1.29, 1.82) is 0 Å². The fourth-order valence-electron chi connectivity index (χ4n) is 2.36. The molecule has 0 aliphatic heterocycles. The van der Waals surface area contributed by atoms with Gasteiger partial charge in [-0.3, -0.25) is 4.79 Å². The van der Waals surface area contributed by atoms with Crippen LogP contribution in [0, 0.1) is 0 Å². The van der Waals surface area contributed by atoms with Crippen molar-refractivity contribution in [1.82, 2.24) is 20.2 Å². The number of nitrogens with zero attached hydrogens (tertiary/aromatic N) is 4. The molecule has 0 atom stereocenters. The zero-order chi connectivity index (χ0) is 20.5. The number of thioether (sulfide) groups is 1. The molecule has 1 heterocycles. The maximum Gasteiger partial charge on any atom is 0.264 e. The SMILES string of the molecule is COc1ccccc1/C=N/Nc1nnc(SCC(=O)NCc2ccccc2)n1N. The molecule has 3 rings (SSSR count). The van der Waals surface area contributed by atoms with Crippen molar-refractivity contribution in [2.45, 2.75) is 11.7 Å². The lowest BCUT2D eigenvalue weighted by Gasteiger charge is -2.05. The van der Waals surface area contributed by atoms with Crippen LogP contribution in [-0.2, 0) is 11.3 Å². The molecule has 0 unspecified atom stereocenters. The Kier molecular flexibility index (Phi) is 7.06. The third kappa shape index (κ3) is 5.72. The van der Waals surface area contributed by atoms with Gasteiger partial charge < -0.3 is 15.9 Å². The maximum atomic E-state index is 12.0.